The maximum atomic E-state index is 14.0. The Hall–Kier alpha value is -3.59. The molecule has 2 aromatic heterocycles. The first kappa shape index (κ1) is 19.1. The molecule has 3 aliphatic heterocycles. The van der Waals surface area contributed by atoms with E-state index in [-0.39, 0.29) is 28.5 Å². The lowest BCUT2D eigenvalue weighted by atomic mass is 9.84. The highest BCUT2D eigenvalue weighted by atomic mass is 19.1. The van der Waals surface area contributed by atoms with Crippen LogP contribution in [0.25, 0.3) is 27.6 Å². The quantitative estimate of drug-likeness (QED) is 0.518. The first-order chi connectivity index (χ1) is 15.6. The smallest absolute Gasteiger partial charge is 0.299 e. The molecule has 1 unspecified atom stereocenters. The highest BCUT2D eigenvalue weighted by Gasteiger charge is 2.34. The normalized spacial score (nSPS) is 22.5. The third-order valence-electron chi connectivity index (χ3n) is 6.73. The van der Waals surface area contributed by atoms with Crippen LogP contribution in [-0.2, 0) is 0 Å². The first-order valence-electron chi connectivity index (χ1n) is 10.8. The summed E-state index contributed by atoms with van der Waals surface area (Å²) in [4.78, 5) is 28.0. The molecular weight excluding hydrogens is 411 g/mol. The summed E-state index contributed by atoms with van der Waals surface area (Å²) in [5.74, 6) is -0.0515. The minimum absolute atomic E-state index is 0.105. The SMILES string of the molecule is O=C(NC1CN2CCC1CC2)c1ccc(-n2[nH]c3c(nnc4c(F)cccc43)c2=O)cc1. The van der Waals surface area contributed by atoms with E-state index in [2.05, 4.69) is 25.5 Å². The van der Waals surface area contributed by atoms with Crippen molar-refractivity contribution in [2.24, 2.45) is 5.92 Å². The molecule has 2 N–H and O–H groups in total. The molecule has 0 spiro atoms. The highest BCUT2D eigenvalue weighted by molar-refractivity contribution is 6.01. The van der Waals surface area contributed by atoms with Crippen molar-refractivity contribution in [1.82, 2.24) is 30.2 Å². The second kappa shape index (κ2) is 7.23. The molecule has 5 heterocycles. The molecule has 1 atom stereocenters. The average molecular weight is 432 g/mol. The van der Waals surface area contributed by atoms with Crippen molar-refractivity contribution in [3.63, 3.8) is 0 Å². The zero-order valence-corrected chi connectivity index (χ0v) is 17.2. The maximum Gasteiger partial charge on any atom is 0.299 e. The first-order valence-corrected chi connectivity index (χ1v) is 10.8. The molecule has 2 aromatic carbocycles. The van der Waals surface area contributed by atoms with Gasteiger partial charge >= 0.3 is 0 Å². The lowest BCUT2D eigenvalue weighted by Gasteiger charge is -2.44. The summed E-state index contributed by atoms with van der Waals surface area (Å²) in [6, 6.07) is 11.6. The molecule has 2 bridgehead atoms. The molecule has 3 aliphatic rings. The number of carbonyl (C=O) groups excluding carboxylic acids is 1. The summed E-state index contributed by atoms with van der Waals surface area (Å²) >= 11 is 0. The fourth-order valence-corrected chi connectivity index (χ4v) is 4.95. The van der Waals surface area contributed by atoms with Gasteiger partial charge in [-0.1, -0.05) is 12.1 Å². The molecule has 8 nitrogen and oxygen atoms in total. The van der Waals surface area contributed by atoms with Crippen LogP contribution in [0, 0.1) is 11.7 Å². The number of hydrogen-bond acceptors (Lipinski definition) is 5. The van der Waals surface area contributed by atoms with Crippen LogP contribution in [0.1, 0.15) is 23.2 Å². The van der Waals surface area contributed by atoms with E-state index in [0.29, 0.717) is 28.1 Å². The number of piperidine rings is 3. The van der Waals surface area contributed by atoms with Crippen LogP contribution in [0.4, 0.5) is 4.39 Å². The number of H-pyrrole nitrogens is 1. The van der Waals surface area contributed by atoms with Gasteiger partial charge in [-0.15, -0.1) is 10.2 Å². The Bertz CT molecular complexity index is 1400. The summed E-state index contributed by atoms with van der Waals surface area (Å²) in [7, 11) is 0. The number of benzene rings is 2. The van der Waals surface area contributed by atoms with Gasteiger partial charge in [-0.2, -0.15) is 0 Å². The summed E-state index contributed by atoms with van der Waals surface area (Å²) in [6.07, 6.45) is 2.27. The molecular formula is C23H21FN6O2. The van der Waals surface area contributed by atoms with Crippen molar-refractivity contribution in [3.05, 3.63) is 64.2 Å². The molecule has 3 fully saturated rings. The Morgan fingerprint density at radius 3 is 2.53 bits per heavy atom. The van der Waals surface area contributed by atoms with Crippen LogP contribution in [-0.4, -0.2) is 56.5 Å². The molecule has 0 aliphatic carbocycles. The number of carbonyl (C=O) groups is 1. The molecule has 32 heavy (non-hydrogen) atoms. The van der Waals surface area contributed by atoms with E-state index in [4.69, 9.17) is 0 Å². The van der Waals surface area contributed by atoms with Crippen molar-refractivity contribution in [3.8, 4) is 5.69 Å². The van der Waals surface area contributed by atoms with Gasteiger partial charge in [0.1, 0.15) is 5.52 Å². The van der Waals surface area contributed by atoms with E-state index in [1.807, 2.05) is 0 Å². The summed E-state index contributed by atoms with van der Waals surface area (Å²) in [6.45, 7) is 3.16. The van der Waals surface area contributed by atoms with Crippen LogP contribution in [0.15, 0.2) is 47.3 Å². The number of aromatic amines is 1. The highest BCUT2D eigenvalue weighted by Crippen LogP contribution is 2.27. The molecule has 3 saturated heterocycles. The predicted molar refractivity (Wildman–Crippen MR) is 117 cm³/mol. The Morgan fingerprint density at radius 2 is 1.81 bits per heavy atom. The van der Waals surface area contributed by atoms with Gasteiger partial charge in [0.2, 0.25) is 0 Å². The van der Waals surface area contributed by atoms with Crippen LogP contribution in [0.5, 0.6) is 0 Å². The van der Waals surface area contributed by atoms with Crippen molar-refractivity contribution >= 4 is 27.8 Å². The predicted octanol–water partition coefficient (Wildman–Crippen LogP) is 2.23. The van der Waals surface area contributed by atoms with Crippen LogP contribution < -0.4 is 10.9 Å². The van der Waals surface area contributed by atoms with Gasteiger partial charge < -0.3 is 10.2 Å². The van der Waals surface area contributed by atoms with Crippen molar-refractivity contribution in [2.75, 3.05) is 19.6 Å². The number of fused-ring (bicyclic) bond motifs is 6. The van der Waals surface area contributed by atoms with Gasteiger partial charge in [-0.05, 0) is 62.2 Å². The number of nitrogens with zero attached hydrogens (tertiary/aromatic N) is 4. The zero-order chi connectivity index (χ0) is 21.8. The Morgan fingerprint density at radius 1 is 1.06 bits per heavy atom. The molecule has 0 saturated carbocycles. The largest absolute Gasteiger partial charge is 0.348 e. The standard InChI is InChI=1S/C23H21FN6O2/c24-17-3-1-2-16-19(17)26-27-21-20(16)28-30(23(21)32)15-6-4-14(5-7-15)22(31)25-18-12-29-10-8-13(18)9-11-29/h1-7,13,18,28H,8-12H2,(H,25,31). The van der Waals surface area contributed by atoms with Crippen molar-refractivity contribution < 1.29 is 9.18 Å². The van der Waals surface area contributed by atoms with Gasteiger partial charge in [-0.3, -0.25) is 14.7 Å². The van der Waals surface area contributed by atoms with E-state index in [1.54, 1.807) is 36.4 Å². The van der Waals surface area contributed by atoms with E-state index in [0.717, 1.165) is 32.5 Å². The number of halogens is 1. The second-order valence-corrected chi connectivity index (χ2v) is 8.58. The number of amides is 1. The summed E-state index contributed by atoms with van der Waals surface area (Å²) in [5.41, 5.74) is 1.37. The average Bonchev–Trinajstić information content (AvgIpc) is 3.17. The maximum absolute atomic E-state index is 14.0. The van der Waals surface area contributed by atoms with E-state index in [9.17, 15) is 14.0 Å². The number of aromatic nitrogens is 4. The molecule has 162 valence electrons. The molecule has 9 heteroatoms. The summed E-state index contributed by atoms with van der Waals surface area (Å²) in [5, 5.41) is 14.5. The Labute approximate surface area is 182 Å². The van der Waals surface area contributed by atoms with Gasteiger partial charge in [-0.25, -0.2) is 9.07 Å². The minimum Gasteiger partial charge on any atom is -0.348 e. The Kier molecular flexibility index (Phi) is 4.32. The fourth-order valence-electron chi connectivity index (χ4n) is 4.95. The van der Waals surface area contributed by atoms with E-state index < -0.39 is 5.82 Å². The monoisotopic (exact) mass is 432 g/mol. The summed E-state index contributed by atoms with van der Waals surface area (Å²) < 4.78 is 15.4. The molecule has 0 radical (unpaired) electrons. The van der Waals surface area contributed by atoms with E-state index >= 15 is 0 Å². The second-order valence-electron chi connectivity index (χ2n) is 8.58. The van der Waals surface area contributed by atoms with Crippen LogP contribution in [0.2, 0.25) is 0 Å². The Balaban J connectivity index is 1.30. The van der Waals surface area contributed by atoms with Crippen molar-refractivity contribution in [2.45, 2.75) is 18.9 Å². The minimum atomic E-state index is -0.496. The topological polar surface area (TPSA) is 95.9 Å². The van der Waals surface area contributed by atoms with Crippen LogP contribution in [0.3, 0.4) is 0 Å². The molecule has 4 aromatic rings. The number of nitrogens with one attached hydrogen (secondary N) is 2. The van der Waals surface area contributed by atoms with Crippen molar-refractivity contribution in [1.29, 1.82) is 0 Å². The zero-order valence-electron chi connectivity index (χ0n) is 17.2. The van der Waals surface area contributed by atoms with E-state index in [1.165, 1.54) is 10.7 Å². The molecule has 7 rings (SSSR count). The third kappa shape index (κ3) is 3.00. The fraction of sp³-hybridized carbons (Fsp3) is 0.304. The lowest BCUT2D eigenvalue weighted by Crippen LogP contribution is -2.57. The van der Waals surface area contributed by atoms with Gasteiger partial charge in [0.25, 0.3) is 11.5 Å². The lowest BCUT2D eigenvalue weighted by molar-refractivity contribution is 0.0620. The third-order valence-corrected chi connectivity index (χ3v) is 6.73. The number of hydrogen-bond donors (Lipinski definition) is 2. The molecule has 1 amide bonds. The van der Waals surface area contributed by atoms with Gasteiger partial charge in [0.05, 0.1) is 11.2 Å². The van der Waals surface area contributed by atoms with Gasteiger partial charge in [0.15, 0.2) is 11.3 Å². The van der Waals surface area contributed by atoms with Crippen LogP contribution >= 0.6 is 0 Å². The number of rotatable bonds is 3. The van der Waals surface area contributed by atoms with Gasteiger partial charge in [0, 0.05) is 23.5 Å².